The third-order valence-electron chi connectivity index (χ3n) is 7.29. The van der Waals surface area contributed by atoms with Crippen molar-refractivity contribution in [3.63, 3.8) is 0 Å². The zero-order chi connectivity index (χ0) is 27.6. The number of aromatic nitrogens is 1. The van der Waals surface area contributed by atoms with Gasteiger partial charge in [0.1, 0.15) is 18.7 Å². The third kappa shape index (κ3) is 4.25. The molecule has 3 heteroatoms. The number of hydrogen-bond acceptors (Lipinski definition) is 2. The van der Waals surface area contributed by atoms with Crippen LogP contribution in [0.4, 0.5) is 0 Å². The maximum absolute atomic E-state index is 10.3. The average molecular weight is 469 g/mol. The molecule has 0 aliphatic heterocycles. The minimum atomic E-state index is -1.54. The SMILES string of the molecule is [2H]C1(c2ccc3c(oc4c(-c5cc(C([2H])([2H])C(C)(C)C)cc(C)[n+]5C)c(C)ccc43)c2C#N)CCCCC1. The zero-order valence-electron chi connectivity index (χ0n) is 24.8. The number of aryl methyl sites for hydroxylation is 2. The monoisotopic (exact) mass is 468 g/mol. The highest BCUT2D eigenvalue weighted by Crippen LogP contribution is 2.42. The van der Waals surface area contributed by atoms with E-state index in [9.17, 15) is 6.63 Å². The average Bonchev–Trinajstić information content (AvgIpc) is 3.23. The number of fused-ring (bicyclic) bond motifs is 3. The predicted molar refractivity (Wildman–Crippen MR) is 144 cm³/mol. The van der Waals surface area contributed by atoms with Crippen molar-refractivity contribution in [2.45, 2.75) is 79.0 Å². The van der Waals surface area contributed by atoms with Crippen molar-refractivity contribution in [1.29, 1.82) is 5.26 Å². The summed E-state index contributed by atoms with van der Waals surface area (Å²) in [6.07, 6.45) is 3.13. The maximum atomic E-state index is 10.3. The fraction of sp³-hybridized carbons (Fsp3) is 0.438. The van der Waals surface area contributed by atoms with Gasteiger partial charge in [-0.05, 0) is 54.1 Å². The van der Waals surface area contributed by atoms with Gasteiger partial charge in [0.05, 0.1) is 11.1 Å². The van der Waals surface area contributed by atoms with Crippen molar-refractivity contribution in [1.82, 2.24) is 0 Å². The fourth-order valence-electron chi connectivity index (χ4n) is 5.52. The summed E-state index contributed by atoms with van der Waals surface area (Å²) >= 11 is 0. The van der Waals surface area contributed by atoms with E-state index in [0.29, 0.717) is 22.3 Å². The molecule has 0 N–H and O–H groups in total. The van der Waals surface area contributed by atoms with E-state index < -0.39 is 17.7 Å². The first-order valence-electron chi connectivity index (χ1n) is 14.2. The molecular weight excluding hydrogens is 428 g/mol. The van der Waals surface area contributed by atoms with Gasteiger partial charge in [-0.1, -0.05) is 64.3 Å². The van der Waals surface area contributed by atoms with Gasteiger partial charge in [-0.15, -0.1) is 0 Å². The largest absolute Gasteiger partial charge is 0.454 e. The van der Waals surface area contributed by atoms with E-state index in [-0.39, 0.29) is 0 Å². The van der Waals surface area contributed by atoms with E-state index in [0.717, 1.165) is 71.0 Å². The summed E-state index contributed by atoms with van der Waals surface area (Å²) in [6.45, 7) is 9.81. The number of pyridine rings is 1. The molecule has 0 unspecified atom stereocenters. The lowest BCUT2D eigenvalue weighted by molar-refractivity contribution is -0.666. The molecule has 0 atom stereocenters. The highest BCUT2D eigenvalue weighted by molar-refractivity contribution is 6.11. The molecule has 1 fully saturated rings. The summed E-state index contributed by atoms with van der Waals surface area (Å²) in [4.78, 5) is 0. The highest BCUT2D eigenvalue weighted by Gasteiger charge is 2.26. The Bertz CT molecular complexity index is 1610. The van der Waals surface area contributed by atoms with Gasteiger partial charge in [-0.2, -0.15) is 9.83 Å². The van der Waals surface area contributed by atoms with Crippen LogP contribution in [0.15, 0.2) is 40.8 Å². The number of hydrogen-bond donors (Lipinski definition) is 0. The van der Waals surface area contributed by atoms with Gasteiger partial charge in [0.15, 0.2) is 11.3 Å². The summed E-state index contributed by atoms with van der Waals surface area (Å²) < 4.78 is 35.7. The number of rotatable bonds is 3. The molecule has 35 heavy (non-hydrogen) atoms. The number of furan rings is 1. The minimum Gasteiger partial charge on any atom is -0.454 e. The molecule has 0 radical (unpaired) electrons. The summed E-state index contributed by atoms with van der Waals surface area (Å²) in [5.41, 5.74) is 6.28. The van der Waals surface area contributed by atoms with Crippen LogP contribution in [0.3, 0.4) is 0 Å². The van der Waals surface area contributed by atoms with Gasteiger partial charge in [0.2, 0.25) is 5.69 Å². The van der Waals surface area contributed by atoms with Gasteiger partial charge in [0.25, 0.3) is 0 Å². The molecular formula is C32H37N2O+. The molecule has 1 aliphatic rings. The molecule has 180 valence electrons. The molecule has 2 heterocycles. The second-order valence-corrected chi connectivity index (χ2v) is 11.1. The number of benzene rings is 2. The topological polar surface area (TPSA) is 40.8 Å². The van der Waals surface area contributed by atoms with Gasteiger partial charge in [0, 0.05) is 33.9 Å². The minimum absolute atomic E-state index is 0.470. The Morgan fingerprint density at radius 3 is 2.43 bits per heavy atom. The first-order chi connectivity index (χ1) is 17.8. The lowest BCUT2D eigenvalue weighted by atomic mass is 9.82. The van der Waals surface area contributed by atoms with Crippen LogP contribution in [0.2, 0.25) is 0 Å². The molecule has 0 spiro atoms. The Morgan fingerprint density at radius 2 is 1.74 bits per heavy atom. The van der Waals surface area contributed by atoms with E-state index in [1.165, 1.54) is 0 Å². The molecule has 1 saturated carbocycles. The maximum Gasteiger partial charge on any atom is 0.216 e. The van der Waals surface area contributed by atoms with E-state index in [4.69, 9.17) is 7.16 Å². The van der Waals surface area contributed by atoms with E-state index in [2.05, 4.69) is 16.7 Å². The second kappa shape index (κ2) is 8.83. The Morgan fingerprint density at radius 1 is 1.06 bits per heavy atom. The molecule has 5 rings (SSSR count). The first kappa shape index (κ1) is 20.1. The summed E-state index contributed by atoms with van der Waals surface area (Å²) in [5.74, 6) is -0.758. The van der Waals surface area contributed by atoms with Crippen LogP contribution < -0.4 is 4.57 Å². The Labute approximate surface area is 213 Å². The van der Waals surface area contributed by atoms with Gasteiger partial charge in [-0.25, -0.2) is 0 Å². The standard InChI is InChI=1S/C32H37N2O/c1-20-12-13-26-25-15-14-24(23-10-8-7-9-11-23)27(19-33)30(25)35-31(26)29(20)28-17-22(18-32(3,4)5)16-21(2)34(28)6/h12-17,23H,7-11,18H2,1-6H3/q+1/i18D2,23D. The fourth-order valence-corrected chi connectivity index (χ4v) is 5.52. The van der Waals surface area contributed by atoms with Crippen molar-refractivity contribution in [2.75, 3.05) is 0 Å². The van der Waals surface area contributed by atoms with Crippen molar-refractivity contribution in [3.05, 3.63) is 64.3 Å². The second-order valence-electron chi connectivity index (χ2n) is 11.1. The summed E-state index contributed by atoms with van der Waals surface area (Å²) in [7, 11) is 1.99. The van der Waals surface area contributed by atoms with Crippen LogP contribution in [0.5, 0.6) is 0 Å². The normalized spacial score (nSPS) is 17.7. The Kier molecular flexibility index (Phi) is 5.07. The molecule has 0 bridgehead atoms. The number of nitrogens with zero attached hydrogens (tertiary/aromatic N) is 2. The summed E-state index contributed by atoms with van der Waals surface area (Å²) in [5, 5.41) is 12.1. The Balaban J connectivity index is 1.81. The van der Waals surface area contributed by atoms with Gasteiger partial charge >= 0.3 is 0 Å². The van der Waals surface area contributed by atoms with Crippen LogP contribution >= 0.6 is 0 Å². The molecule has 0 amide bonds. The van der Waals surface area contributed by atoms with Crippen LogP contribution in [-0.2, 0) is 13.4 Å². The van der Waals surface area contributed by atoms with Crippen LogP contribution in [-0.4, -0.2) is 0 Å². The first-order valence-corrected chi connectivity index (χ1v) is 12.7. The lowest BCUT2D eigenvalue weighted by Gasteiger charge is -2.22. The van der Waals surface area contributed by atoms with E-state index in [1.54, 1.807) is 0 Å². The molecule has 2 aromatic heterocycles. The summed E-state index contributed by atoms with van der Waals surface area (Å²) in [6, 6.07) is 14.4. The van der Waals surface area contributed by atoms with E-state index >= 15 is 0 Å². The van der Waals surface area contributed by atoms with Crippen molar-refractivity contribution < 1.29 is 13.1 Å². The molecule has 3 nitrogen and oxygen atoms in total. The Hall–Kier alpha value is -3.12. The molecule has 0 saturated heterocycles. The van der Waals surface area contributed by atoms with Crippen LogP contribution in [0.1, 0.15) is 90.8 Å². The lowest BCUT2D eigenvalue weighted by Crippen LogP contribution is -2.35. The van der Waals surface area contributed by atoms with Crippen LogP contribution in [0, 0.1) is 30.6 Å². The van der Waals surface area contributed by atoms with Gasteiger partial charge in [-0.3, -0.25) is 0 Å². The van der Waals surface area contributed by atoms with E-state index in [1.807, 2.05) is 72.0 Å². The predicted octanol–water partition coefficient (Wildman–Crippen LogP) is 8.20. The number of nitriles is 1. The zero-order valence-corrected chi connectivity index (χ0v) is 21.8. The van der Waals surface area contributed by atoms with Crippen LogP contribution in [0.25, 0.3) is 33.2 Å². The quantitative estimate of drug-likeness (QED) is 0.284. The molecule has 1 aliphatic carbocycles. The molecule has 2 aromatic carbocycles. The van der Waals surface area contributed by atoms with Crippen molar-refractivity contribution >= 4 is 21.9 Å². The smallest absolute Gasteiger partial charge is 0.216 e. The third-order valence-corrected chi connectivity index (χ3v) is 7.29. The van der Waals surface area contributed by atoms with Crippen molar-refractivity contribution in [2.24, 2.45) is 12.5 Å². The van der Waals surface area contributed by atoms with Gasteiger partial charge < -0.3 is 4.42 Å². The van der Waals surface area contributed by atoms with Crippen molar-refractivity contribution in [3.8, 4) is 17.3 Å². The molecule has 4 aromatic rings. The highest BCUT2D eigenvalue weighted by atomic mass is 16.3.